The van der Waals surface area contributed by atoms with E-state index in [1.165, 1.54) is 0 Å². The summed E-state index contributed by atoms with van der Waals surface area (Å²) in [4.78, 5) is 35.0. The summed E-state index contributed by atoms with van der Waals surface area (Å²) < 4.78 is 12.3. The van der Waals surface area contributed by atoms with Crippen molar-refractivity contribution in [1.29, 1.82) is 0 Å². The summed E-state index contributed by atoms with van der Waals surface area (Å²) in [7, 11) is 0. The van der Waals surface area contributed by atoms with Gasteiger partial charge in [0.1, 0.15) is 16.9 Å². The summed E-state index contributed by atoms with van der Waals surface area (Å²) in [5, 5.41) is 2.91. The Bertz CT molecular complexity index is 1360. The molecular weight excluding hydrogens is 458 g/mol. The molecule has 2 aromatic carbocycles. The standard InChI is InChI=1S/C27H31N5O4/c1-3-5-17-36-27(34)18-11-13-19(14-12-18)32-24(28)22(26(33)29-15-8-16-35-4-2)23-25(32)31-21-10-7-6-9-20(21)30-23/h6-7,9-14H,3-5,8,15-17,28H2,1-2H3,(H,29,33). The Hall–Kier alpha value is -3.98. The first-order valence-corrected chi connectivity index (χ1v) is 12.2. The van der Waals surface area contributed by atoms with E-state index in [9.17, 15) is 9.59 Å². The third-order valence-electron chi connectivity index (χ3n) is 5.77. The van der Waals surface area contributed by atoms with Crippen molar-refractivity contribution in [3.63, 3.8) is 0 Å². The van der Waals surface area contributed by atoms with Crippen LogP contribution in [0.3, 0.4) is 0 Å². The highest BCUT2D eigenvalue weighted by Gasteiger charge is 2.24. The lowest BCUT2D eigenvalue weighted by molar-refractivity contribution is 0.0499. The second kappa shape index (κ2) is 11.6. The predicted molar refractivity (Wildman–Crippen MR) is 139 cm³/mol. The minimum absolute atomic E-state index is 0.223. The lowest BCUT2D eigenvalue weighted by Gasteiger charge is -2.10. The number of carbonyl (C=O) groups excluding carboxylic acids is 2. The molecule has 0 bridgehead atoms. The van der Waals surface area contributed by atoms with E-state index < -0.39 is 0 Å². The van der Waals surface area contributed by atoms with Crippen molar-refractivity contribution < 1.29 is 19.1 Å². The maximum atomic E-state index is 13.2. The van der Waals surface area contributed by atoms with Crippen LogP contribution in [0.4, 0.5) is 5.82 Å². The van der Waals surface area contributed by atoms with Gasteiger partial charge in [-0.25, -0.2) is 14.8 Å². The molecule has 9 heteroatoms. The number of hydrogen-bond acceptors (Lipinski definition) is 7. The van der Waals surface area contributed by atoms with Crippen molar-refractivity contribution in [1.82, 2.24) is 19.9 Å². The molecule has 0 radical (unpaired) electrons. The predicted octanol–water partition coefficient (Wildman–Crippen LogP) is 4.27. The maximum absolute atomic E-state index is 13.2. The summed E-state index contributed by atoms with van der Waals surface area (Å²) in [5.41, 5.74) is 10.1. The quantitative estimate of drug-likeness (QED) is 0.238. The van der Waals surface area contributed by atoms with Crippen LogP contribution < -0.4 is 11.1 Å². The monoisotopic (exact) mass is 489 g/mol. The molecule has 0 saturated carbocycles. The smallest absolute Gasteiger partial charge is 0.338 e. The number of esters is 1. The van der Waals surface area contributed by atoms with E-state index in [1.807, 2.05) is 38.1 Å². The van der Waals surface area contributed by atoms with E-state index in [4.69, 9.17) is 25.2 Å². The SMILES string of the molecule is CCCCOC(=O)c1ccc(-n2c(N)c(C(=O)NCCCOCC)c3nc4ccccc4nc32)cc1. The molecule has 0 aliphatic carbocycles. The minimum Gasteiger partial charge on any atom is -0.462 e. The molecule has 0 saturated heterocycles. The molecule has 4 aromatic rings. The van der Waals surface area contributed by atoms with Crippen molar-refractivity contribution in [2.45, 2.75) is 33.1 Å². The van der Waals surface area contributed by atoms with E-state index in [-0.39, 0.29) is 23.3 Å². The van der Waals surface area contributed by atoms with Crippen molar-refractivity contribution >= 4 is 39.9 Å². The van der Waals surface area contributed by atoms with Crippen LogP contribution in [0, 0.1) is 0 Å². The van der Waals surface area contributed by atoms with Crippen LogP contribution in [-0.4, -0.2) is 52.8 Å². The van der Waals surface area contributed by atoms with Crippen molar-refractivity contribution in [2.24, 2.45) is 0 Å². The average molecular weight is 490 g/mol. The third-order valence-corrected chi connectivity index (χ3v) is 5.77. The van der Waals surface area contributed by atoms with Crippen LogP contribution in [0.1, 0.15) is 53.8 Å². The average Bonchev–Trinajstić information content (AvgIpc) is 3.17. The number of carbonyl (C=O) groups is 2. The number of nitrogen functional groups attached to an aromatic ring is 1. The van der Waals surface area contributed by atoms with Crippen LogP contribution in [0.25, 0.3) is 27.9 Å². The van der Waals surface area contributed by atoms with Gasteiger partial charge in [0.25, 0.3) is 5.91 Å². The number of aromatic nitrogens is 3. The maximum Gasteiger partial charge on any atom is 0.338 e. The van der Waals surface area contributed by atoms with Crippen LogP contribution in [0.5, 0.6) is 0 Å². The van der Waals surface area contributed by atoms with E-state index in [0.717, 1.165) is 12.8 Å². The topological polar surface area (TPSA) is 121 Å². The number of ether oxygens (including phenoxy) is 2. The first kappa shape index (κ1) is 25.1. The van der Waals surface area contributed by atoms with Gasteiger partial charge in [-0.1, -0.05) is 25.5 Å². The lowest BCUT2D eigenvalue weighted by atomic mass is 10.2. The van der Waals surface area contributed by atoms with E-state index in [0.29, 0.717) is 66.2 Å². The number of nitrogens with two attached hydrogens (primary N) is 1. The Morgan fingerprint density at radius 2 is 1.69 bits per heavy atom. The zero-order valence-corrected chi connectivity index (χ0v) is 20.6. The van der Waals surface area contributed by atoms with Crippen LogP contribution >= 0.6 is 0 Å². The van der Waals surface area contributed by atoms with Crippen LogP contribution in [0.2, 0.25) is 0 Å². The second-order valence-electron chi connectivity index (χ2n) is 8.32. The number of hydrogen-bond donors (Lipinski definition) is 2. The van der Waals surface area contributed by atoms with E-state index in [1.54, 1.807) is 28.8 Å². The fourth-order valence-electron chi connectivity index (χ4n) is 3.89. The summed E-state index contributed by atoms with van der Waals surface area (Å²) in [6, 6.07) is 14.3. The van der Waals surface area contributed by atoms with Gasteiger partial charge < -0.3 is 20.5 Å². The summed E-state index contributed by atoms with van der Waals surface area (Å²) in [6.45, 7) is 5.99. The number of nitrogens with one attached hydrogen (secondary N) is 1. The number of amides is 1. The van der Waals surface area contributed by atoms with Gasteiger partial charge in [0.05, 0.1) is 23.2 Å². The van der Waals surface area contributed by atoms with Gasteiger partial charge >= 0.3 is 5.97 Å². The molecule has 0 spiro atoms. The first-order chi connectivity index (χ1) is 17.5. The normalized spacial score (nSPS) is 11.2. The molecule has 9 nitrogen and oxygen atoms in total. The molecule has 3 N–H and O–H groups in total. The molecular formula is C27H31N5O4. The molecule has 36 heavy (non-hydrogen) atoms. The van der Waals surface area contributed by atoms with Crippen molar-refractivity contribution in [3.8, 4) is 5.69 Å². The van der Waals surface area contributed by atoms with Gasteiger partial charge in [0.2, 0.25) is 0 Å². The number of benzene rings is 2. The highest BCUT2D eigenvalue weighted by molar-refractivity contribution is 6.11. The molecule has 188 valence electrons. The molecule has 2 aromatic heterocycles. The zero-order valence-electron chi connectivity index (χ0n) is 20.6. The molecule has 0 aliphatic rings. The number of nitrogens with zero attached hydrogens (tertiary/aromatic N) is 3. The number of unbranched alkanes of at least 4 members (excludes halogenated alkanes) is 1. The van der Waals surface area contributed by atoms with E-state index in [2.05, 4.69) is 5.32 Å². The Morgan fingerprint density at radius 3 is 2.39 bits per heavy atom. The lowest BCUT2D eigenvalue weighted by Crippen LogP contribution is -2.26. The summed E-state index contributed by atoms with van der Waals surface area (Å²) in [6.07, 6.45) is 2.45. The second-order valence-corrected chi connectivity index (χ2v) is 8.32. The fraction of sp³-hybridized carbons (Fsp3) is 0.333. The Labute approximate surface area is 209 Å². The third kappa shape index (κ3) is 5.31. The van der Waals surface area contributed by atoms with Crippen molar-refractivity contribution in [3.05, 3.63) is 59.7 Å². The molecule has 4 rings (SSSR count). The van der Waals surface area contributed by atoms with Gasteiger partial charge in [-0.3, -0.25) is 9.36 Å². The summed E-state index contributed by atoms with van der Waals surface area (Å²) in [5.74, 6) is -0.479. The van der Waals surface area contributed by atoms with E-state index >= 15 is 0 Å². The highest BCUT2D eigenvalue weighted by Crippen LogP contribution is 2.31. The number of rotatable bonds is 11. The van der Waals surface area contributed by atoms with Gasteiger partial charge in [0.15, 0.2) is 5.65 Å². The van der Waals surface area contributed by atoms with Crippen molar-refractivity contribution in [2.75, 3.05) is 32.1 Å². The van der Waals surface area contributed by atoms with Crippen LogP contribution in [-0.2, 0) is 9.47 Å². The summed E-state index contributed by atoms with van der Waals surface area (Å²) >= 11 is 0. The largest absolute Gasteiger partial charge is 0.462 e. The van der Waals surface area contributed by atoms with Gasteiger partial charge in [-0.2, -0.15) is 0 Å². The number of para-hydroxylation sites is 2. The number of anilines is 1. The highest BCUT2D eigenvalue weighted by atomic mass is 16.5. The van der Waals surface area contributed by atoms with Crippen LogP contribution in [0.15, 0.2) is 48.5 Å². The first-order valence-electron chi connectivity index (χ1n) is 12.2. The number of fused-ring (bicyclic) bond motifs is 2. The van der Waals surface area contributed by atoms with Gasteiger partial charge in [0, 0.05) is 25.4 Å². The Balaban J connectivity index is 1.72. The molecule has 2 heterocycles. The Morgan fingerprint density at radius 1 is 0.972 bits per heavy atom. The molecule has 0 fully saturated rings. The molecule has 0 unspecified atom stereocenters. The molecule has 1 amide bonds. The van der Waals surface area contributed by atoms with Gasteiger partial charge in [-0.05, 0) is 56.2 Å². The van der Waals surface area contributed by atoms with Gasteiger partial charge in [-0.15, -0.1) is 0 Å². The fourth-order valence-corrected chi connectivity index (χ4v) is 3.89. The minimum atomic E-state index is -0.377. The zero-order chi connectivity index (χ0) is 25.5. The Kier molecular flexibility index (Phi) is 8.12. The molecule has 0 atom stereocenters. The molecule has 0 aliphatic heterocycles.